The Hall–Kier alpha value is -8.67. The van der Waals surface area contributed by atoms with E-state index in [4.69, 9.17) is 9.72 Å². The summed E-state index contributed by atoms with van der Waals surface area (Å²) in [6.45, 7) is 28.0. The number of hydrogen-bond donors (Lipinski definition) is 0. The van der Waals surface area contributed by atoms with Gasteiger partial charge in [0.25, 0.3) is 0 Å². The third-order valence-corrected chi connectivity index (χ3v) is 16.9. The largest absolute Gasteiger partial charge is 0.457 e. The summed E-state index contributed by atoms with van der Waals surface area (Å²) < 4.78 is 11.9. The van der Waals surface area contributed by atoms with Crippen LogP contribution in [-0.4, -0.2) is 14.1 Å². The average molecular weight is 1060 g/mol. The lowest BCUT2D eigenvalue weighted by Gasteiger charge is -2.23. The molecule has 0 saturated heterocycles. The van der Waals surface area contributed by atoms with E-state index in [0.29, 0.717) is 6.67 Å². The van der Waals surface area contributed by atoms with Crippen LogP contribution in [0.3, 0.4) is 0 Å². The molecule has 0 saturated carbocycles. The van der Waals surface area contributed by atoms with Crippen LogP contribution >= 0.6 is 0 Å². The minimum absolute atomic E-state index is 0.00547. The number of anilines is 2. The molecule has 12 aromatic rings. The van der Waals surface area contributed by atoms with Crippen LogP contribution in [0.15, 0.2) is 206 Å². The summed E-state index contributed by atoms with van der Waals surface area (Å²) in [7, 11) is 0. The molecule has 0 N–H and O–H groups in total. The zero-order valence-electron chi connectivity index (χ0n) is 49.0. The fraction of sp³-hybridized carbons (Fsp3) is 0.224. The highest BCUT2D eigenvalue weighted by Crippen LogP contribution is 2.47. The van der Waals surface area contributed by atoms with Crippen LogP contribution < -0.4 is 9.64 Å². The smallest absolute Gasteiger partial charge is 0.137 e. The summed E-state index contributed by atoms with van der Waals surface area (Å²) in [5.41, 5.74) is 16.6. The number of pyridine rings is 1. The predicted molar refractivity (Wildman–Crippen MR) is 345 cm³/mol. The Morgan fingerprint density at radius 1 is 0.370 bits per heavy atom. The normalized spacial score (nSPS) is 13.1. The van der Waals surface area contributed by atoms with Gasteiger partial charge in [-0.05, 0) is 143 Å². The lowest BCUT2D eigenvalue weighted by molar-refractivity contribution is 0.483. The molecule has 0 bridgehead atoms. The van der Waals surface area contributed by atoms with E-state index >= 15 is 0 Å². The zero-order chi connectivity index (χ0) is 56.3. The summed E-state index contributed by atoms with van der Waals surface area (Å²) in [5.74, 6) is 2.41. The molecule has 0 aliphatic carbocycles. The number of nitrogens with zero attached hydrogens (tertiary/aromatic N) is 4. The second-order valence-corrected chi connectivity index (χ2v) is 26.6. The fourth-order valence-electron chi connectivity index (χ4n) is 12.3. The van der Waals surface area contributed by atoms with E-state index in [2.05, 4.69) is 297 Å². The van der Waals surface area contributed by atoms with Crippen LogP contribution in [0.1, 0.15) is 105 Å². The lowest BCUT2D eigenvalue weighted by Crippen LogP contribution is -2.15. The molecule has 402 valence electrons. The topological polar surface area (TPSA) is 35.2 Å². The maximum Gasteiger partial charge on any atom is 0.137 e. The number of benzene rings is 9. The van der Waals surface area contributed by atoms with Gasteiger partial charge < -0.3 is 14.2 Å². The Labute approximate surface area is 477 Å². The van der Waals surface area contributed by atoms with Crippen molar-refractivity contribution in [3.05, 3.63) is 229 Å². The Morgan fingerprint density at radius 3 is 1.60 bits per heavy atom. The minimum Gasteiger partial charge on any atom is -0.457 e. The molecule has 5 nitrogen and oxygen atoms in total. The van der Waals surface area contributed by atoms with Gasteiger partial charge in [0, 0.05) is 51.1 Å². The second kappa shape index (κ2) is 19.0. The summed E-state index contributed by atoms with van der Waals surface area (Å²) in [5, 5.41) is 9.61. The molecule has 4 heterocycles. The molecule has 0 radical (unpaired) electrons. The summed E-state index contributed by atoms with van der Waals surface area (Å²) in [6, 6.07) is 74.7. The van der Waals surface area contributed by atoms with E-state index in [1.165, 1.54) is 93.2 Å². The number of fused-ring (bicyclic) bond motifs is 10. The van der Waals surface area contributed by atoms with Crippen molar-refractivity contribution in [2.24, 2.45) is 0 Å². The van der Waals surface area contributed by atoms with Gasteiger partial charge in [-0.25, -0.2) is 4.98 Å². The predicted octanol–water partition coefficient (Wildman–Crippen LogP) is 21.1. The second-order valence-electron chi connectivity index (χ2n) is 26.6. The van der Waals surface area contributed by atoms with Crippen molar-refractivity contribution in [3.63, 3.8) is 0 Å². The molecule has 5 heteroatoms. The molecular weight excluding hydrogens is 985 g/mol. The molecule has 1 aliphatic heterocycles. The quantitative estimate of drug-likeness (QED) is 0.166. The molecular formula is C76H72N4O. The number of para-hydroxylation sites is 2. The van der Waals surface area contributed by atoms with Crippen molar-refractivity contribution in [1.29, 1.82) is 0 Å². The average Bonchev–Trinajstić information content (AvgIpc) is 4.15. The fourth-order valence-corrected chi connectivity index (χ4v) is 12.3. The molecule has 0 amide bonds. The van der Waals surface area contributed by atoms with Gasteiger partial charge in [0.2, 0.25) is 0 Å². The lowest BCUT2D eigenvalue weighted by atomic mass is 9.82. The van der Waals surface area contributed by atoms with Crippen LogP contribution in [0, 0.1) is 0 Å². The molecule has 0 atom stereocenters. The molecule has 0 fully saturated rings. The molecule has 81 heavy (non-hydrogen) atoms. The van der Waals surface area contributed by atoms with E-state index in [1.54, 1.807) is 0 Å². The van der Waals surface area contributed by atoms with Crippen LogP contribution in [0.2, 0.25) is 0 Å². The Balaban J connectivity index is 0.995. The third-order valence-electron chi connectivity index (χ3n) is 16.9. The minimum atomic E-state index is -0.0993. The SMILES string of the molecule is CC(C)(C)c1ccc(-c2cc(-c3cccc4c5ccccc5c5ccccc5c5cccc6c5n(c34)CN6c3cccc(Oc4ccc5c6cc(C(C)(C)C)ccc6n(-c6cc(C(C)(C)C)ccn6)c5c4)c3)cc(C(C)(C)C)c2)cc1. The van der Waals surface area contributed by atoms with E-state index in [9.17, 15) is 0 Å². The van der Waals surface area contributed by atoms with Crippen molar-refractivity contribution in [2.45, 2.75) is 111 Å². The maximum atomic E-state index is 7.02. The zero-order valence-corrected chi connectivity index (χ0v) is 49.0. The Morgan fingerprint density at radius 2 is 0.938 bits per heavy atom. The van der Waals surface area contributed by atoms with Gasteiger partial charge in [0.1, 0.15) is 24.0 Å². The molecule has 9 aromatic carbocycles. The first-order valence-corrected chi connectivity index (χ1v) is 28.8. The van der Waals surface area contributed by atoms with Gasteiger partial charge in [0.15, 0.2) is 0 Å². The van der Waals surface area contributed by atoms with E-state index in [-0.39, 0.29) is 21.7 Å². The first-order chi connectivity index (χ1) is 38.7. The Bertz CT molecular complexity index is 4560. The van der Waals surface area contributed by atoms with Crippen molar-refractivity contribution in [1.82, 2.24) is 14.1 Å². The number of ether oxygens (including phenoxy) is 1. The molecule has 0 spiro atoms. The maximum absolute atomic E-state index is 7.02. The highest BCUT2D eigenvalue weighted by molar-refractivity contribution is 6.22. The van der Waals surface area contributed by atoms with Crippen molar-refractivity contribution in [3.8, 4) is 39.6 Å². The number of hydrogen-bond acceptors (Lipinski definition) is 3. The van der Waals surface area contributed by atoms with Gasteiger partial charge in [-0.3, -0.25) is 4.57 Å². The van der Waals surface area contributed by atoms with Gasteiger partial charge in [-0.1, -0.05) is 210 Å². The van der Waals surface area contributed by atoms with Gasteiger partial charge in [-0.2, -0.15) is 0 Å². The summed E-state index contributed by atoms with van der Waals surface area (Å²) in [4.78, 5) is 7.48. The van der Waals surface area contributed by atoms with Crippen molar-refractivity contribution in [2.75, 3.05) is 4.90 Å². The molecule has 0 unspecified atom stereocenters. The molecule has 1 aliphatic rings. The van der Waals surface area contributed by atoms with Gasteiger partial charge >= 0.3 is 0 Å². The molecule has 13 rings (SSSR count). The van der Waals surface area contributed by atoms with Crippen molar-refractivity contribution >= 4 is 76.5 Å². The standard InChI is InChI=1S/C76H72N4O/c1-73(2,3)51-32-30-48(31-33-51)49-40-50(42-54(41-49)76(10,11)12)58-26-18-27-64-61-24-15-13-22-59(61)60-23-14-16-25-62(60)65-28-19-29-68-72(65)79(71(58)64)47-78(68)55-20-17-21-56(45-55)81-57-35-36-63-66-43-52(74(4,5)6)34-37-67(66)80(69(63)46-57)70-44-53(38-39-77-70)75(7,8)9/h13-46H,47H2,1-12H3. The third kappa shape index (κ3) is 9.17. The summed E-state index contributed by atoms with van der Waals surface area (Å²) in [6.07, 6.45) is 1.95. The monoisotopic (exact) mass is 1060 g/mol. The van der Waals surface area contributed by atoms with Gasteiger partial charge in [0.05, 0.1) is 27.8 Å². The highest BCUT2D eigenvalue weighted by atomic mass is 16.5. The van der Waals surface area contributed by atoms with Crippen LogP contribution in [0.5, 0.6) is 11.5 Å². The highest BCUT2D eigenvalue weighted by Gasteiger charge is 2.28. The van der Waals surface area contributed by atoms with Crippen LogP contribution in [-0.2, 0) is 28.3 Å². The first kappa shape index (κ1) is 51.7. The first-order valence-electron chi connectivity index (χ1n) is 28.8. The van der Waals surface area contributed by atoms with Crippen LogP contribution in [0.4, 0.5) is 11.4 Å². The van der Waals surface area contributed by atoms with E-state index < -0.39 is 0 Å². The van der Waals surface area contributed by atoms with Crippen molar-refractivity contribution < 1.29 is 4.74 Å². The van der Waals surface area contributed by atoms with Crippen LogP contribution in [0.25, 0.3) is 93.2 Å². The van der Waals surface area contributed by atoms with Gasteiger partial charge in [-0.15, -0.1) is 0 Å². The number of rotatable bonds is 6. The number of aromatic nitrogens is 3. The summed E-state index contributed by atoms with van der Waals surface area (Å²) >= 11 is 0. The Kier molecular flexibility index (Phi) is 12.1. The molecule has 3 aromatic heterocycles. The van der Waals surface area contributed by atoms with E-state index in [0.717, 1.165) is 45.1 Å². The van der Waals surface area contributed by atoms with E-state index in [1.807, 2.05) is 6.20 Å².